The van der Waals surface area contributed by atoms with Crippen LogP contribution in [0, 0.1) is 5.92 Å². The minimum atomic E-state index is -4.52. The summed E-state index contributed by atoms with van der Waals surface area (Å²) in [5.74, 6) is 0.426. The number of fused-ring (bicyclic) bond motifs is 2. The van der Waals surface area contributed by atoms with Crippen molar-refractivity contribution in [2.75, 3.05) is 20.3 Å². The fourth-order valence-corrected chi connectivity index (χ4v) is 5.40. The van der Waals surface area contributed by atoms with Crippen molar-refractivity contribution >= 4 is 0 Å². The summed E-state index contributed by atoms with van der Waals surface area (Å²) in [6, 6.07) is 12.9. The molecule has 2 aromatic carbocycles. The van der Waals surface area contributed by atoms with Crippen molar-refractivity contribution in [1.29, 1.82) is 0 Å². The van der Waals surface area contributed by atoms with Gasteiger partial charge < -0.3 is 14.8 Å². The second-order valence-electron chi connectivity index (χ2n) is 9.06. The quantitative estimate of drug-likeness (QED) is 0.742. The van der Waals surface area contributed by atoms with Crippen molar-refractivity contribution in [2.45, 2.75) is 49.7 Å². The zero-order valence-electron chi connectivity index (χ0n) is 17.7. The fourth-order valence-electron chi connectivity index (χ4n) is 5.40. The van der Waals surface area contributed by atoms with E-state index in [-0.39, 0.29) is 23.3 Å². The van der Waals surface area contributed by atoms with Crippen molar-refractivity contribution in [3.8, 4) is 5.75 Å². The Hall–Kier alpha value is -2.09. The molecule has 0 amide bonds. The van der Waals surface area contributed by atoms with Gasteiger partial charge in [0.15, 0.2) is 0 Å². The number of hydrogen-bond acceptors (Lipinski definition) is 4. The lowest BCUT2D eigenvalue weighted by Crippen LogP contribution is -2.58. The Morgan fingerprint density at radius 3 is 2.61 bits per heavy atom. The summed E-state index contributed by atoms with van der Waals surface area (Å²) in [5, 5.41) is 6.56. The molecule has 0 aromatic heterocycles. The second kappa shape index (κ2) is 7.22. The first-order chi connectivity index (χ1) is 14.8. The topological polar surface area (TPSA) is 42.5 Å². The molecule has 2 N–H and O–H groups in total. The van der Waals surface area contributed by atoms with Crippen LogP contribution in [0.15, 0.2) is 42.5 Å². The number of halogens is 3. The van der Waals surface area contributed by atoms with Crippen LogP contribution < -0.4 is 15.4 Å². The van der Waals surface area contributed by atoms with E-state index in [2.05, 4.69) is 10.6 Å². The van der Waals surface area contributed by atoms with E-state index in [1.54, 1.807) is 12.1 Å². The second-order valence-corrected chi connectivity index (χ2v) is 9.06. The van der Waals surface area contributed by atoms with Crippen LogP contribution in [0.1, 0.15) is 41.6 Å². The number of alkyl halides is 3. The van der Waals surface area contributed by atoms with Crippen LogP contribution in [0.4, 0.5) is 13.2 Å². The maximum atomic E-state index is 14.7. The summed E-state index contributed by atoms with van der Waals surface area (Å²) in [5.41, 5.74) is -0.00514. The molecule has 166 valence electrons. The molecule has 4 atom stereocenters. The van der Waals surface area contributed by atoms with Gasteiger partial charge >= 0.3 is 6.18 Å². The van der Waals surface area contributed by atoms with Crippen molar-refractivity contribution in [3.63, 3.8) is 0 Å². The average Bonchev–Trinajstić information content (AvgIpc) is 3.34. The van der Waals surface area contributed by atoms with Crippen LogP contribution in [-0.4, -0.2) is 32.0 Å². The van der Waals surface area contributed by atoms with Crippen LogP contribution in [0.2, 0.25) is 0 Å². The number of hydrogen-bond donors (Lipinski definition) is 2. The van der Waals surface area contributed by atoms with E-state index in [1.165, 1.54) is 14.0 Å². The molecule has 1 saturated carbocycles. The first kappa shape index (κ1) is 20.8. The zero-order chi connectivity index (χ0) is 21.9. The summed E-state index contributed by atoms with van der Waals surface area (Å²) in [7, 11) is 1.43. The molecule has 7 heteroatoms. The third kappa shape index (κ3) is 3.25. The van der Waals surface area contributed by atoms with E-state index >= 15 is 0 Å². The van der Waals surface area contributed by atoms with E-state index in [0.29, 0.717) is 32.6 Å². The summed E-state index contributed by atoms with van der Waals surface area (Å²) in [6.07, 6.45) is -3.13. The molecule has 0 spiro atoms. The van der Waals surface area contributed by atoms with E-state index in [4.69, 9.17) is 9.47 Å². The fraction of sp³-hybridized carbons (Fsp3) is 0.500. The minimum Gasteiger partial charge on any atom is -0.496 e. The van der Waals surface area contributed by atoms with Crippen LogP contribution in [-0.2, 0) is 23.3 Å². The molecule has 1 saturated heterocycles. The molecule has 0 radical (unpaired) electrons. The highest BCUT2D eigenvalue weighted by atomic mass is 19.4. The summed E-state index contributed by atoms with van der Waals surface area (Å²) in [4.78, 5) is 0. The largest absolute Gasteiger partial charge is 0.496 e. The molecular weight excluding hydrogens is 405 g/mol. The number of rotatable bonds is 5. The minimum absolute atomic E-state index is 0.116. The first-order valence-corrected chi connectivity index (χ1v) is 10.7. The Balaban J connectivity index is 1.58. The van der Waals surface area contributed by atoms with Gasteiger partial charge in [0.05, 0.1) is 26.4 Å². The maximum absolute atomic E-state index is 14.7. The van der Waals surface area contributed by atoms with Gasteiger partial charge in [-0.25, -0.2) is 0 Å². The third-order valence-electron chi connectivity index (χ3n) is 7.25. The number of piperidine rings is 1. The molecule has 1 unspecified atom stereocenters. The standard InChI is InChI=1S/C24H27F3N2O2/c1-22(24(25,26)27,19-10-17-14-31-9-8-16(17)11-20(19)30-2)29-23-12-18(23)13-28-21(23)15-6-4-3-5-7-15/h3-7,10-11,18,21,28-29H,8-9,12-14H2,1-2H3/t18-,21-,22?,23+/m0/s1. The van der Waals surface area contributed by atoms with E-state index in [9.17, 15) is 13.2 Å². The number of methoxy groups -OCH3 is 1. The Morgan fingerprint density at radius 2 is 1.94 bits per heavy atom. The van der Waals surface area contributed by atoms with Crippen LogP contribution >= 0.6 is 0 Å². The lowest BCUT2D eigenvalue weighted by Gasteiger charge is -2.40. The molecule has 2 aromatic rings. The summed E-state index contributed by atoms with van der Waals surface area (Å²) >= 11 is 0. The molecule has 2 aliphatic heterocycles. The van der Waals surface area contributed by atoms with Gasteiger partial charge in [-0.2, -0.15) is 13.2 Å². The first-order valence-electron chi connectivity index (χ1n) is 10.7. The molecule has 0 bridgehead atoms. The van der Waals surface area contributed by atoms with E-state index in [1.807, 2.05) is 30.3 Å². The van der Waals surface area contributed by atoms with Gasteiger partial charge in [-0.05, 0) is 54.5 Å². The highest BCUT2D eigenvalue weighted by molar-refractivity contribution is 5.48. The normalized spacial score (nSPS) is 29.1. The van der Waals surface area contributed by atoms with Crippen molar-refractivity contribution in [2.24, 2.45) is 5.92 Å². The number of ether oxygens (including phenoxy) is 2. The Morgan fingerprint density at radius 1 is 1.16 bits per heavy atom. The van der Waals surface area contributed by atoms with Crippen LogP contribution in [0.25, 0.3) is 0 Å². The highest BCUT2D eigenvalue weighted by Gasteiger charge is 2.68. The SMILES string of the molecule is COc1cc2c(cc1C(C)(N[C@]13C[C@H]1CN[C@H]3c1ccccc1)C(F)(F)F)COCC2. The number of nitrogens with one attached hydrogen (secondary N) is 2. The Bertz CT molecular complexity index is 981. The smallest absolute Gasteiger partial charge is 0.410 e. The molecule has 3 aliphatic rings. The monoisotopic (exact) mass is 432 g/mol. The van der Waals surface area contributed by atoms with Gasteiger partial charge in [0.2, 0.25) is 0 Å². The van der Waals surface area contributed by atoms with Crippen molar-refractivity contribution in [3.05, 3.63) is 64.7 Å². The number of benzene rings is 2. The van der Waals surface area contributed by atoms with E-state index < -0.39 is 17.3 Å². The van der Waals surface area contributed by atoms with Crippen molar-refractivity contribution in [1.82, 2.24) is 10.6 Å². The van der Waals surface area contributed by atoms with Crippen molar-refractivity contribution < 1.29 is 22.6 Å². The molecular formula is C24H27F3N2O2. The van der Waals surface area contributed by atoms with Gasteiger partial charge in [-0.15, -0.1) is 0 Å². The molecule has 5 rings (SSSR count). The Labute approximate surface area is 180 Å². The molecule has 2 heterocycles. The lowest BCUT2D eigenvalue weighted by molar-refractivity contribution is -0.200. The van der Waals surface area contributed by atoms with Gasteiger partial charge in [0, 0.05) is 17.6 Å². The highest BCUT2D eigenvalue weighted by Crippen LogP contribution is 2.59. The van der Waals surface area contributed by atoms with Gasteiger partial charge in [-0.3, -0.25) is 5.32 Å². The van der Waals surface area contributed by atoms with Crippen LogP contribution in [0.3, 0.4) is 0 Å². The van der Waals surface area contributed by atoms with E-state index in [0.717, 1.165) is 16.7 Å². The third-order valence-corrected chi connectivity index (χ3v) is 7.25. The van der Waals surface area contributed by atoms with Crippen LogP contribution in [0.5, 0.6) is 5.75 Å². The van der Waals surface area contributed by atoms with Gasteiger partial charge in [-0.1, -0.05) is 30.3 Å². The molecule has 2 fully saturated rings. The predicted octanol–water partition coefficient (Wildman–Crippen LogP) is 4.24. The average molecular weight is 432 g/mol. The lowest BCUT2D eigenvalue weighted by atomic mass is 9.84. The maximum Gasteiger partial charge on any atom is 0.410 e. The summed E-state index contributed by atoms with van der Waals surface area (Å²) < 4.78 is 55.2. The molecule has 4 nitrogen and oxygen atoms in total. The zero-order valence-corrected chi connectivity index (χ0v) is 17.7. The summed E-state index contributed by atoms with van der Waals surface area (Å²) in [6.45, 7) is 2.84. The predicted molar refractivity (Wildman–Crippen MR) is 111 cm³/mol. The molecule has 31 heavy (non-hydrogen) atoms. The Kier molecular flexibility index (Phi) is 4.84. The molecule has 1 aliphatic carbocycles. The van der Waals surface area contributed by atoms with Gasteiger partial charge in [0.25, 0.3) is 0 Å². The van der Waals surface area contributed by atoms with Gasteiger partial charge in [0.1, 0.15) is 11.3 Å².